The number of nitrogens with zero attached hydrogens (tertiary/aromatic N) is 2. The Kier molecular flexibility index (Phi) is 5.53. The average Bonchev–Trinajstić information content (AvgIpc) is 2.78. The van der Waals surface area contributed by atoms with Crippen molar-refractivity contribution in [1.82, 2.24) is 10.3 Å². The summed E-state index contributed by atoms with van der Waals surface area (Å²) in [6.07, 6.45) is 11.5. The predicted molar refractivity (Wildman–Crippen MR) is 120 cm³/mol. The van der Waals surface area contributed by atoms with Crippen LogP contribution in [0.15, 0.2) is 94.9 Å². The van der Waals surface area contributed by atoms with Crippen molar-refractivity contribution in [2.24, 2.45) is 16.8 Å². The number of rotatable bonds is 5. The Hall–Kier alpha value is -3.60. The molecule has 2 heterocycles. The Labute approximate surface area is 175 Å². The van der Waals surface area contributed by atoms with E-state index in [2.05, 4.69) is 22.2 Å². The number of nitrogens with one attached hydrogen (secondary N) is 2. The van der Waals surface area contributed by atoms with Crippen molar-refractivity contribution in [2.45, 2.75) is 6.92 Å². The molecule has 2 aliphatic rings. The number of benzene rings is 1. The number of allylic oxidation sites excluding steroid dienone is 6. The lowest BCUT2D eigenvalue weighted by Gasteiger charge is -2.34. The Bertz CT molecular complexity index is 1110. The first-order valence-corrected chi connectivity index (χ1v) is 9.90. The molecule has 30 heavy (non-hydrogen) atoms. The number of halogens is 1. The monoisotopic (exact) mass is 398 g/mol. The van der Waals surface area contributed by atoms with Gasteiger partial charge < -0.3 is 5.32 Å². The summed E-state index contributed by atoms with van der Waals surface area (Å²) in [6, 6.07) is 12.0. The van der Waals surface area contributed by atoms with Crippen LogP contribution in [-0.4, -0.2) is 24.0 Å². The van der Waals surface area contributed by atoms with Crippen molar-refractivity contribution in [3.05, 3.63) is 107 Å². The quantitative estimate of drug-likeness (QED) is 0.701. The fraction of sp³-hybridized carbons (Fsp3) is 0.160. The molecular weight excluding hydrogens is 375 g/mol. The SMILES string of the molecule is CN/C=C(\C(=N)c1ccc(F)cc1)C1=CC=C2N=CC=C(c3ccccn3)C2[C@@H]1C. The van der Waals surface area contributed by atoms with Gasteiger partial charge in [-0.1, -0.05) is 19.1 Å². The van der Waals surface area contributed by atoms with Crippen LogP contribution in [0.1, 0.15) is 18.2 Å². The van der Waals surface area contributed by atoms with Gasteiger partial charge in [0.25, 0.3) is 0 Å². The van der Waals surface area contributed by atoms with E-state index in [0.717, 1.165) is 28.1 Å². The number of fused-ring (bicyclic) bond motifs is 1. The van der Waals surface area contributed by atoms with E-state index in [4.69, 9.17) is 5.41 Å². The normalized spacial score (nSPS) is 20.6. The maximum Gasteiger partial charge on any atom is 0.123 e. The van der Waals surface area contributed by atoms with Crippen molar-refractivity contribution < 1.29 is 4.39 Å². The van der Waals surface area contributed by atoms with Crippen molar-refractivity contribution in [2.75, 3.05) is 7.05 Å². The molecule has 1 aliphatic heterocycles. The highest BCUT2D eigenvalue weighted by Gasteiger charge is 2.34. The fourth-order valence-electron chi connectivity index (χ4n) is 4.06. The summed E-state index contributed by atoms with van der Waals surface area (Å²) in [5.74, 6) is -0.184. The summed E-state index contributed by atoms with van der Waals surface area (Å²) >= 11 is 0. The van der Waals surface area contributed by atoms with Crippen LogP contribution in [0.2, 0.25) is 0 Å². The Balaban J connectivity index is 1.73. The molecule has 0 saturated carbocycles. The fourth-order valence-corrected chi connectivity index (χ4v) is 4.06. The zero-order valence-corrected chi connectivity index (χ0v) is 16.9. The summed E-state index contributed by atoms with van der Waals surface area (Å²) in [4.78, 5) is 9.13. The molecule has 0 bridgehead atoms. The summed E-state index contributed by atoms with van der Waals surface area (Å²) in [7, 11) is 1.82. The van der Waals surface area contributed by atoms with Crippen LogP contribution in [0.5, 0.6) is 0 Å². The van der Waals surface area contributed by atoms with Crippen molar-refractivity contribution >= 4 is 17.5 Å². The van der Waals surface area contributed by atoms with Crippen LogP contribution >= 0.6 is 0 Å². The second kappa shape index (κ2) is 8.41. The first-order chi connectivity index (χ1) is 14.6. The highest BCUT2D eigenvalue weighted by Crippen LogP contribution is 2.44. The molecule has 1 aromatic carbocycles. The van der Waals surface area contributed by atoms with Crippen LogP contribution < -0.4 is 5.32 Å². The van der Waals surface area contributed by atoms with Gasteiger partial charge in [0.1, 0.15) is 5.82 Å². The molecule has 0 spiro atoms. The molecule has 2 aromatic rings. The Morgan fingerprint density at radius 3 is 2.60 bits per heavy atom. The maximum atomic E-state index is 13.4. The van der Waals surface area contributed by atoms with Crippen LogP contribution in [0.25, 0.3) is 5.57 Å². The van der Waals surface area contributed by atoms with Gasteiger partial charge in [0.15, 0.2) is 0 Å². The van der Waals surface area contributed by atoms with Crippen molar-refractivity contribution in [1.29, 1.82) is 5.41 Å². The van der Waals surface area contributed by atoms with Gasteiger partial charge >= 0.3 is 0 Å². The molecule has 0 amide bonds. The molecule has 2 N–H and O–H groups in total. The number of aromatic nitrogens is 1. The molecule has 4 rings (SSSR count). The second-order valence-corrected chi connectivity index (χ2v) is 7.32. The Morgan fingerprint density at radius 2 is 1.90 bits per heavy atom. The molecular formula is C25H23FN4. The highest BCUT2D eigenvalue weighted by atomic mass is 19.1. The smallest absolute Gasteiger partial charge is 0.123 e. The maximum absolute atomic E-state index is 13.4. The van der Waals surface area contributed by atoms with Gasteiger partial charge in [-0.15, -0.1) is 0 Å². The third kappa shape index (κ3) is 3.66. The third-order valence-electron chi connectivity index (χ3n) is 5.52. The Morgan fingerprint density at radius 1 is 1.10 bits per heavy atom. The standard InChI is InChI=1S/C25H23FN4/c1-16-19(21(15-28-2)25(27)17-6-8-18(26)9-7-17)10-11-23-24(16)20(12-14-30-23)22-5-3-4-13-29-22/h3-16,24,27-28H,1-2H3/b21-15-,27-25?/t16-,24?/m1/s1. The lowest BCUT2D eigenvalue weighted by molar-refractivity contribution is 0.557. The molecule has 150 valence electrons. The van der Waals surface area contributed by atoms with Gasteiger partial charge in [0.05, 0.1) is 11.4 Å². The van der Waals surface area contributed by atoms with Gasteiger partial charge in [0.2, 0.25) is 0 Å². The zero-order valence-electron chi connectivity index (χ0n) is 16.9. The van der Waals surface area contributed by atoms with Gasteiger partial charge in [-0.05, 0) is 65.6 Å². The predicted octanol–water partition coefficient (Wildman–Crippen LogP) is 4.94. The number of pyridine rings is 1. The first kappa shape index (κ1) is 19.7. The van der Waals surface area contributed by atoms with E-state index in [9.17, 15) is 4.39 Å². The molecule has 1 aromatic heterocycles. The summed E-state index contributed by atoms with van der Waals surface area (Å²) in [5.41, 5.74) is 5.87. The van der Waals surface area contributed by atoms with E-state index >= 15 is 0 Å². The average molecular weight is 398 g/mol. The number of hydrogen-bond donors (Lipinski definition) is 2. The second-order valence-electron chi connectivity index (χ2n) is 7.32. The van der Waals surface area contributed by atoms with Gasteiger partial charge in [-0.3, -0.25) is 15.4 Å². The topological polar surface area (TPSA) is 61.1 Å². The molecule has 1 unspecified atom stereocenters. The number of hydrogen-bond acceptors (Lipinski definition) is 4. The van der Waals surface area contributed by atoms with Crippen LogP contribution in [0.3, 0.4) is 0 Å². The van der Waals surface area contributed by atoms with E-state index in [1.165, 1.54) is 12.1 Å². The minimum Gasteiger partial charge on any atom is -0.393 e. The minimum atomic E-state index is -0.311. The van der Waals surface area contributed by atoms with E-state index in [0.29, 0.717) is 11.3 Å². The van der Waals surface area contributed by atoms with E-state index < -0.39 is 0 Å². The largest absolute Gasteiger partial charge is 0.393 e. The zero-order chi connectivity index (χ0) is 21.1. The number of dihydropyridines is 1. The minimum absolute atomic E-state index is 0.0474. The summed E-state index contributed by atoms with van der Waals surface area (Å²) in [5, 5.41) is 11.9. The molecule has 0 radical (unpaired) electrons. The summed E-state index contributed by atoms with van der Waals surface area (Å²) < 4.78 is 13.4. The van der Waals surface area contributed by atoms with Gasteiger partial charge in [0, 0.05) is 48.4 Å². The molecule has 1 aliphatic carbocycles. The first-order valence-electron chi connectivity index (χ1n) is 9.90. The third-order valence-corrected chi connectivity index (χ3v) is 5.52. The van der Waals surface area contributed by atoms with Crippen molar-refractivity contribution in [3.8, 4) is 0 Å². The van der Waals surface area contributed by atoms with E-state index in [1.54, 1.807) is 18.3 Å². The molecule has 0 saturated heterocycles. The lowest BCUT2D eigenvalue weighted by Crippen LogP contribution is -2.25. The van der Waals surface area contributed by atoms with Crippen LogP contribution in [-0.2, 0) is 0 Å². The molecule has 0 fully saturated rings. The van der Waals surface area contributed by atoms with Crippen LogP contribution in [0, 0.1) is 23.1 Å². The molecule has 4 nitrogen and oxygen atoms in total. The lowest BCUT2D eigenvalue weighted by atomic mass is 9.72. The van der Waals surface area contributed by atoms with Crippen molar-refractivity contribution in [3.63, 3.8) is 0 Å². The number of aliphatic imine (C=N–C) groups is 1. The van der Waals surface area contributed by atoms with Gasteiger partial charge in [-0.25, -0.2) is 4.39 Å². The highest BCUT2D eigenvalue weighted by molar-refractivity contribution is 6.13. The summed E-state index contributed by atoms with van der Waals surface area (Å²) in [6.45, 7) is 2.16. The molecule has 5 heteroatoms. The van der Waals surface area contributed by atoms with E-state index in [-0.39, 0.29) is 17.7 Å². The van der Waals surface area contributed by atoms with Crippen LogP contribution in [0.4, 0.5) is 4.39 Å². The molecule has 2 atom stereocenters. The van der Waals surface area contributed by atoms with E-state index in [1.807, 2.05) is 55.9 Å². The van der Waals surface area contributed by atoms with Gasteiger partial charge in [-0.2, -0.15) is 0 Å².